The first-order valence-corrected chi connectivity index (χ1v) is 8.54. The van der Waals surface area contributed by atoms with E-state index in [-0.39, 0.29) is 11.6 Å². The van der Waals surface area contributed by atoms with E-state index in [4.69, 9.17) is 11.6 Å². The Bertz CT molecular complexity index is 939. The Balaban J connectivity index is 1.72. The van der Waals surface area contributed by atoms with E-state index in [2.05, 4.69) is 20.0 Å². The molecule has 0 fully saturated rings. The summed E-state index contributed by atoms with van der Waals surface area (Å²) in [6, 6.07) is 14.6. The fraction of sp³-hybridized carbons (Fsp3) is 0.158. The van der Waals surface area contributed by atoms with E-state index in [1.54, 1.807) is 6.07 Å². The van der Waals surface area contributed by atoms with Gasteiger partial charge >= 0.3 is 6.36 Å². The van der Waals surface area contributed by atoms with E-state index in [1.165, 1.54) is 18.5 Å². The number of alkyl halides is 3. The number of hydrogen-bond donors (Lipinski definition) is 2. The molecule has 1 heterocycles. The maximum Gasteiger partial charge on any atom is 0.573 e. The van der Waals surface area contributed by atoms with Gasteiger partial charge in [0.15, 0.2) is 0 Å². The summed E-state index contributed by atoms with van der Waals surface area (Å²) in [6.45, 7) is 0.222. The second kappa shape index (κ2) is 8.45. The van der Waals surface area contributed by atoms with Gasteiger partial charge in [-0.15, -0.1) is 13.2 Å². The molecule has 0 saturated carbocycles. The molecule has 0 aliphatic rings. The van der Waals surface area contributed by atoms with Gasteiger partial charge in [-0.05, 0) is 23.8 Å². The van der Waals surface area contributed by atoms with E-state index < -0.39 is 18.2 Å². The van der Waals surface area contributed by atoms with Crippen molar-refractivity contribution in [2.75, 3.05) is 11.9 Å². The molecule has 0 spiro atoms. The van der Waals surface area contributed by atoms with Crippen molar-refractivity contribution < 1.29 is 23.0 Å². The molecule has 28 heavy (non-hydrogen) atoms. The van der Waals surface area contributed by atoms with E-state index in [9.17, 15) is 18.3 Å². The summed E-state index contributed by atoms with van der Waals surface area (Å²) in [4.78, 5) is 8.18. The van der Waals surface area contributed by atoms with Crippen LogP contribution in [0.25, 0.3) is 11.3 Å². The van der Waals surface area contributed by atoms with Crippen LogP contribution in [0.1, 0.15) is 11.7 Å². The third-order valence-corrected chi connectivity index (χ3v) is 4.08. The fourth-order valence-electron chi connectivity index (χ4n) is 2.47. The lowest BCUT2D eigenvalue weighted by molar-refractivity contribution is -0.274. The number of rotatable bonds is 6. The van der Waals surface area contributed by atoms with Gasteiger partial charge in [-0.2, -0.15) is 0 Å². The Hall–Kier alpha value is -2.84. The molecule has 0 aliphatic heterocycles. The normalized spacial score (nSPS) is 12.5. The summed E-state index contributed by atoms with van der Waals surface area (Å²) in [6.07, 6.45) is -4.25. The average Bonchev–Trinajstić information content (AvgIpc) is 2.67. The van der Waals surface area contributed by atoms with E-state index in [1.807, 2.05) is 30.3 Å². The lowest BCUT2D eigenvalue weighted by Crippen LogP contribution is -2.17. The smallest absolute Gasteiger partial charge is 0.404 e. The van der Waals surface area contributed by atoms with Crippen molar-refractivity contribution >= 4 is 17.4 Å². The third-order valence-electron chi connectivity index (χ3n) is 3.78. The van der Waals surface area contributed by atoms with E-state index >= 15 is 0 Å². The van der Waals surface area contributed by atoms with Crippen molar-refractivity contribution in [2.45, 2.75) is 12.5 Å². The summed E-state index contributed by atoms with van der Waals surface area (Å²) >= 11 is 5.88. The number of ether oxygens (including phenoxy) is 1. The minimum Gasteiger partial charge on any atom is -0.404 e. The van der Waals surface area contributed by atoms with Gasteiger partial charge in [0.2, 0.25) is 0 Å². The van der Waals surface area contributed by atoms with Crippen LogP contribution in [0.2, 0.25) is 5.02 Å². The van der Waals surface area contributed by atoms with Gasteiger partial charge in [0.05, 0.1) is 16.8 Å². The quantitative estimate of drug-likeness (QED) is 0.609. The first kappa shape index (κ1) is 19.9. The molecular formula is C19H15ClF3N3O2. The number of hydrogen-bond acceptors (Lipinski definition) is 5. The summed E-state index contributed by atoms with van der Waals surface area (Å²) in [5.41, 5.74) is 1.71. The SMILES string of the molecule is O[C@@H](CNc1cc(-c2ccc(OC(F)(F)F)c(Cl)c2)ncn1)c1ccccc1. The van der Waals surface area contributed by atoms with Crippen molar-refractivity contribution in [3.63, 3.8) is 0 Å². The van der Waals surface area contributed by atoms with Crippen LogP contribution in [0.5, 0.6) is 5.75 Å². The first-order valence-electron chi connectivity index (χ1n) is 8.16. The van der Waals surface area contributed by atoms with Crippen LogP contribution in [0, 0.1) is 0 Å². The van der Waals surface area contributed by atoms with E-state index in [0.29, 0.717) is 17.1 Å². The number of nitrogens with one attached hydrogen (secondary N) is 1. The summed E-state index contributed by atoms with van der Waals surface area (Å²) in [5.74, 6) is -0.0389. The largest absolute Gasteiger partial charge is 0.573 e. The molecule has 0 amide bonds. The van der Waals surface area contributed by atoms with Gasteiger partial charge < -0.3 is 15.2 Å². The monoisotopic (exact) mass is 409 g/mol. The number of nitrogens with zero attached hydrogens (tertiary/aromatic N) is 2. The Morgan fingerprint density at radius 1 is 1.07 bits per heavy atom. The lowest BCUT2D eigenvalue weighted by atomic mass is 10.1. The molecule has 2 aromatic carbocycles. The second-order valence-electron chi connectivity index (χ2n) is 5.79. The van der Waals surface area contributed by atoms with Crippen molar-refractivity contribution in [3.05, 3.63) is 71.5 Å². The second-order valence-corrected chi connectivity index (χ2v) is 6.20. The topological polar surface area (TPSA) is 67.3 Å². The predicted octanol–water partition coefficient (Wildman–Crippen LogP) is 4.84. The van der Waals surface area contributed by atoms with Crippen molar-refractivity contribution in [3.8, 4) is 17.0 Å². The van der Waals surface area contributed by atoms with Crippen LogP contribution < -0.4 is 10.1 Å². The number of anilines is 1. The lowest BCUT2D eigenvalue weighted by Gasteiger charge is -2.13. The van der Waals surface area contributed by atoms with Gasteiger partial charge in [-0.25, -0.2) is 9.97 Å². The van der Waals surface area contributed by atoms with Gasteiger partial charge in [-0.1, -0.05) is 41.9 Å². The van der Waals surface area contributed by atoms with Crippen LogP contribution in [0.4, 0.5) is 19.0 Å². The number of aliphatic hydroxyl groups excluding tert-OH is 1. The molecular weight excluding hydrogens is 395 g/mol. The molecule has 0 unspecified atom stereocenters. The summed E-state index contributed by atoms with van der Waals surface area (Å²) in [7, 11) is 0. The molecule has 3 rings (SSSR count). The molecule has 2 N–H and O–H groups in total. The average molecular weight is 410 g/mol. The summed E-state index contributed by atoms with van der Waals surface area (Å²) < 4.78 is 40.9. The summed E-state index contributed by atoms with van der Waals surface area (Å²) in [5, 5.41) is 13.0. The number of benzene rings is 2. The Morgan fingerprint density at radius 3 is 2.50 bits per heavy atom. The number of aliphatic hydroxyl groups is 1. The highest BCUT2D eigenvalue weighted by Crippen LogP contribution is 2.33. The molecule has 146 valence electrons. The zero-order valence-corrected chi connectivity index (χ0v) is 15.1. The molecule has 0 saturated heterocycles. The van der Waals surface area contributed by atoms with Crippen LogP contribution >= 0.6 is 11.6 Å². The van der Waals surface area contributed by atoms with Crippen molar-refractivity contribution in [1.82, 2.24) is 9.97 Å². The number of aromatic nitrogens is 2. The maximum absolute atomic E-state index is 12.3. The first-order chi connectivity index (χ1) is 13.3. The highest BCUT2D eigenvalue weighted by Gasteiger charge is 2.32. The molecule has 5 nitrogen and oxygen atoms in total. The zero-order chi connectivity index (χ0) is 20.1. The predicted molar refractivity (Wildman–Crippen MR) is 99.1 cm³/mol. The van der Waals surface area contributed by atoms with E-state index in [0.717, 1.165) is 11.6 Å². The molecule has 1 aromatic heterocycles. The Morgan fingerprint density at radius 2 is 1.82 bits per heavy atom. The highest BCUT2D eigenvalue weighted by molar-refractivity contribution is 6.32. The molecule has 9 heteroatoms. The standard InChI is InChI=1S/C19H15ClF3N3O2/c20-14-8-13(6-7-17(14)28-19(21,22)23)15-9-18(26-11-25-15)24-10-16(27)12-4-2-1-3-5-12/h1-9,11,16,27H,10H2,(H,24,25,26)/t16-/m0/s1. The zero-order valence-electron chi connectivity index (χ0n) is 14.3. The maximum atomic E-state index is 12.3. The molecule has 0 aliphatic carbocycles. The van der Waals surface area contributed by atoms with Crippen LogP contribution in [0.15, 0.2) is 60.9 Å². The van der Waals surface area contributed by atoms with Gasteiger partial charge in [-0.3, -0.25) is 0 Å². The molecule has 0 bridgehead atoms. The third kappa shape index (κ3) is 5.34. The van der Waals surface area contributed by atoms with Crippen molar-refractivity contribution in [1.29, 1.82) is 0 Å². The van der Waals surface area contributed by atoms with Crippen molar-refractivity contribution in [2.24, 2.45) is 0 Å². The van der Waals surface area contributed by atoms with Gasteiger partial charge in [0.25, 0.3) is 0 Å². The Labute approximate surface area is 163 Å². The van der Waals surface area contributed by atoms with Gasteiger partial charge in [0.1, 0.15) is 17.9 Å². The van der Waals surface area contributed by atoms with Crippen LogP contribution in [-0.2, 0) is 0 Å². The number of halogens is 4. The molecule has 1 atom stereocenters. The highest BCUT2D eigenvalue weighted by atomic mass is 35.5. The minimum absolute atomic E-state index is 0.192. The van der Waals surface area contributed by atoms with Crippen LogP contribution in [-0.4, -0.2) is 28.0 Å². The van der Waals surface area contributed by atoms with Crippen LogP contribution in [0.3, 0.4) is 0 Å². The Kier molecular flexibility index (Phi) is 6.01. The minimum atomic E-state index is -4.82. The molecule has 3 aromatic rings. The fourth-order valence-corrected chi connectivity index (χ4v) is 2.69. The molecule has 0 radical (unpaired) electrons. The van der Waals surface area contributed by atoms with Gasteiger partial charge in [0, 0.05) is 18.2 Å².